The maximum Gasteiger partial charge on any atom is 0.149 e. The number of hydrogen-bond donors (Lipinski definition) is 1. The Morgan fingerprint density at radius 2 is 2.27 bits per heavy atom. The van der Waals surface area contributed by atoms with Crippen LogP contribution in [0.5, 0.6) is 0 Å². The van der Waals surface area contributed by atoms with Crippen molar-refractivity contribution in [2.24, 2.45) is 11.7 Å². The zero-order valence-corrected chi connectivity index (χ0v) is 7.39. The number of carbonyl (C=O) groups is 1. The Morgan fingerprint density at radius 1 is 1.64 bits per heavy atom. The van der Waals surface area contributed by atoms with Crippen molar-refractivity contribution in [1.82, 2.24) is 0 Å². The third-order valence-electron chi connectivity index (χ3n) is 2.73. The number of nitrogens with two attached hydrogens (primary N) is 1. The highest BCUT2D eigenvalue weighted by Crippen LogP contribution is 2.30. The second kappa shape index (κ2) is 2.94. The molecule has 2 unspecified atom stereocenters. The maximum atomic E-state index is 11.1. The lowest BCUT2D eigenvalue weighted by atomic mass is 9.75. The highest BCUT2D eigenvalue weighted by atomic mass is 16.1. The van der Waals surface area contributed by atoms with Crippen molar-refractivity contribution >= 4 is 5.78 Å². The van der Waals surface area contributed by atoms with E-state index in [4.69, 9.17) is 5.73 Å². The SMILES string of the molecule is CC(=O)C1(N)CCCC(C)C1. The second-order valence-electron chi connectivity index (χ2n) is 3.91. The molecule has 0 bridgehead atoms. The van der Waals surface area contributed by atoms with Gasteiger partial charge in [-0.3, -0.25) is 4.79 Å². The summed E-state index contributed by atoms with van der Waals surface area (Å²) in [5.74, 6) is 0.779. The number of ketones is 1. The van der Waals surface area contributed by atoms with Crippen LogP contribution in [0.25, 0.3) is 0 Å². The molecule has 1 rings (SSSR count). The molecule has 1 aliphatic carbocycles. The van der Waals surface area contributed by atoms with Gasteiger partial charge in [0.05, 0.1) is 5.54 Å². The van der Waals surface area contributed by atoms with E-state index in [-0.39, 0.29) is 5.78 Å². The zero-order chi connectivity index (χ0) is 8.48. The Balaban J connectivity index is 2.63. The van der Waals surface area contributed by atoms with Gasteiger partial charge in [0.25, 0.3) is 0 Å². The van der Waals surface area contributed by atoms with E-state index in [0.717, 1.165) is 19.3 Å². The van der Waals surface area contributed by atoms with E-state index < -0.39 is 5.54 Å². The largest absolute Gasteiger partial charge is 0.319 e. The van der Waals surface area contributed by atoms with Gasteiger partial charge in [0.2, 0.25) is 0 Å². The van der Waals surface area contributed by atoms with Gasteiger partial charge >= 0.3 is 0 Å². The van der Waals surface area contributed by atoms with E-state index in [1.54, 1.807) is 6.92 Å². The van der Waals surface area contributed by atoms with Crippen molar-refractivity contribution in [1.29, 1.82) is 0 Å². The first-order valence-corrected chi connectivity index (χ1v) is 4.34. The molecule has 11 heavy (non-hydrogen) atoms. The molecule has 0 heterocycles. The van der Waals surface area contributed by atoms with Crippen LogP contribution in [-0.4, -0.2) is 11.3 Å². The van der Waals surface area contributed by atoms with Crippen molar-refractivity contribution in [3.8, 4) is 0 Å². The molecular weight excluding hydrogens is 138 g/mol. The molecular formula is C9H17NO. The summed E-state index contributed by atoms with van der Waals surface area (Å²) in [6, 6.07) is 0. The maximum absolute atomic E-state index is 11.1. The van der Waals surface area contributed by atoms with Gasteiger partial charge in [0.15, 0.2) is 0 Å². The number of rotatable bonds is 1. The molecule has 0 aliphatic heterocycles. The lowest BCUT2D eigenvalue weighted by Crippen LogP contribution is -2.49. The molecule has 0 spiro atoms. The molecule has 0 radical (unpaired) electrons. The Hall–Kier alpha value is -0.370. The van der Waals surface area contributed by atoms with E-state index in [0.29, 0.717) is 5.92 Å². The summed E-state index contributed by atoms with van der Waals surface area (Å²) in [5, 5.41) is 0. The van der Waals surface area contributed by atoms with Crippen LogP contribution in [0.1, 0.15) is 39.5 Å². The van der Waals surface area contributed by atoms with Crippen LogP contribution in [0.3, 0.4) is 0 Å². The van der Waals surface area contributed by atoms with Crippen LogP contribution in [0.4, 0.5) is 0 Å². The minimum absolute atomic E-state index is 0.157. The first-order chi connectivity index (χ1) is 5.04. The smallest absolute Gasteiger partial charge is 0.149 e. The lowest BCUT2D eigenvalue weighted by molar-refractivity contribution is -0.123. The standard InChI is InChI=1S/C9H17NO/c1-7-4-3-5-9(10,6-7)8(2)11/h7H,3-6,10H2,1-2H3. The Labute approximate surface area is 68.2 Å². The topological polar surface area (TPSA) is 43.1 Å². The fourth-order valence-corrected chi connectivity index (χ4v) is 1.91. The minimum atomic E-state index is -0.488. The Morgan fingerprint density at radius 3 is 2.64 bits per heavy atom. The molecule has 0 aromatic carbocycles. The third-order valence-corrected chi connectivity index (χ3v) is 2.73. The predicted molar refractivity (Wildman–Crippen MR) is 45.2 cm³/mol. The van der Waals surface area contributed by atoms with E-state index in [2.05, 4.69) is 6.92 Å². The minimum Gasteiger partial charge on any atom is -0.319 e. The summed E-state index contributed by atoms with van der Waals surface area (Å²) in [7, 11) is 0. The molecule has 2 atom stereocenters. The first kappa shape index (κ1) is 8.72. The average Bonchev–Trinajstić information content (AvgIpc) is 1.86. The van der Waals surface area contributed by atoms with Crippen LogP contribution >= 0.6 is 0 Å². The predicted octanol–water partition coefficient (Wildman–Crippen LogP) is 1.48. The summed E-state index contributed by atoms with van der Waals surface area (Å²) in [4.78, 5) is 11.1. The van der Waals surface area contributed by atoms with Gasteiger partial charge in [0.1, 0.15) is 5.78 Å². The van der Waals surface area contributed by atoms with Crippen LogP contribution < -0.4 is 5.73 Å². The van der Waals surface area contributed by atoms with Gasteiger partial charge in [-0.15, -0.1) is 0 Å². The summed E-state index contributed by atoms with van der Waals surface area (Å²) in [6.45, 7) is 3.78. The molecule has 0 aromatic rings. The van der Waals surface area contributed by atoms with E-state index >= 15 is 0 Å². The fraction of sp³-hybridized carbons (Fsp3) is 0.889. The average molecular weight is 155 g/mol. The molecule has 1 saturated carbocycles. The highest BCUT2D eigenvalue weighted by molar-refractivity contribution is 5.85. The molecule has 1 fully saturated rings. The number of carbonyl (C=O) groups excluding carboxylic acids is 1. The summed E-state index contributed by atoms with van der Waals surface area (Å²) < 4.78 is 0. The molecule has 2 N–H and O–H groups in total. The normalized spacial score (nSPS) is 38.6. The molecule has 2 nitrogen and oxygen atoms in total. The van der Waals surface area contributed by atoms with Gasteiger partial charge in [0, 0.05) is 0 Å². The van der Waals surface area contributed by atoms with Crippen LogP contribution in [0.2, 0.25) is 0 Å². The number of Topliss-reactive ketones (excluding diaryl/α,β-unsaturated/α-hetero) is 1. The second-order valence-corrected chi connectivity index (χ2v) is 3.91. The molecule has 2 heteroatoms. The van der Waals surface area contributed by atoms with Crippen LogP contribution in [0.15, 0.2) is 0 Å². The quantitative estimate of drug-likeness (QED) is 0.623. The van der Waals surface area contributed by atoms with Crippen molar-refractivity contribution in [2.45, 2.75) is 45.1 Å². The molecule has 64 valence electrons. The van der Waals surface area contributed by atoms with Crippen LogP contribution in [-0.2, 0) is 4.79 Å². The molecule has 0 amide bonds. The summed E-state index contributed by atoms with van der Waals surface area (Å²) >= 11 is 0. The van der Waals surface area contributed by atoms with Gasteiger partial charge in [-0.1, -0.05) is 19.8 Å². The van der Waals surface area contributed by atoms with Crippen molar-refractivity contribution in [3.63, 3.8) is 0 Å². The van der Waals surface area contributed by atoms with Crippen molar-refractivity contribution < 1.29 is 4.79 Å². The van der Waals surface area contributed by atoms with Gasteiger partial charge in [-0.05, 0) is 25.7 Å². The highest BCUT2D eigenvalue weighted by Gasteiger charge is 2.34. The first-order valence-electron chi connectivity index (χ1n) is 4.34. The Kier molecular flexibility index (Phi) is 2.33. The molecule has 0 aromatic heterocycles. The zero-order valence-electron chi connectivity index (χ0n) is 7.39. The fourth-order valence-electron chi connectivity index (χ4n) is 1.91. The Bertz CT molecular complexity index is 167. The van der Waals surface area contributed by atoms with E-state index in [1.165, 1.54) is 6.42 Å². The van der Waals surface area contributed by atoms with Gasteiger partial charge in [-0.2, -0.15) is 0 Å². The van der Waals surface area contributed by atoms with Crippen LogP contribution in [0, 0.1) is 5.92 Å². The number of hydrogen-bond acceptors (Lipinski definition) is 2. The van der Waals surface area contributed by atoms with E-state index in [9.17, 15) is 4.79 Å². The third kappa shape index (κ3) is 1.80. The van der Waals surface area contributed by atoms with Crippen molar-refractivity contribution in [2.75, 3.05) is 0 Å². The molecule has 0 saturated heterocycles. The summed E-state index contributed by atoms with van der Waals surface area (Å²) in [5.41, 5.74) is 5.45. The monoisotopic (exact) mass is 155 g/mol. The lowest BCUT2D eigenvalue weighted by Gasteiger charge is -2.34. The van der Waals surface area contributed by atoms with E-state index in [1.807, 2.05) is 0 Å². The summed E-state index contributed by atoms with van der Waals surface area (Å²) in [6.07, 6.45) is 4.10. The van der Waals surface area contributed by atoms with Gasteiger partial charge < -0.3 is 5.73 Å². The van der Waals surface area contributed by atoms with Gasteiger partial charge in [-0.25, -0.2) is 0 Å². The molecule has 1 aliphatic rings. The van der Waals surface area contributed by atoms with Crippen molar-refractivity contribution in [3.05, 3.63) is 0 Å².